The SMILES string of the molecule is CC(N)c1csc(-c2cccc(Oc3ccccc3)c2)n1. The molecule has 1 heterocycles. The van der Waals surface area contributed by atoms with Crippen molar-refractivity contribution in [2.45, 2.75) is 13.0 Å². The number of rotatable bonds is 4. The Hall–Kier alpha value is -2.17. The lowest BCUT2D eigenvalue weighted by Crippen LogP contribution is -2.04. The van der Waals surface area contributed by atoms with E-state index in [4.69, 9.17) is 10.5 Å². The summed E-state index contributed by atoms with van der Waals surface area (Å²) < 4.78 is 5.85. The smallest absolute Gasteiger partial charge is 0.128 e. The molecule has 0 radical (unpaired) electrons. The van der Waals surface area contributed by atoms with Gasteiger partial charge in [-0.2, -0.15) is 0 Å². The summed E-state index contributed by atoms with van der Waals surface area (Å²) >= 11 is 1.60. The Kier molecular flexibility index (Phi) is 3.99. The van der Waals surface area contributed by atoms with E-state index < -0.39 is 0 Å². The average molecular weight is 296 g/mol. The molecule has 0 aliphatic rings. The number of hydrogen-bond acceptors (Lipinski definition) is 4. The maximum atomic E-state index is 5.86. The van der Waals surface area contributed by atoms with Crippen molar-refractivity contribution < 1.29 is 4.74 Å². The summed E-state index contributed by atoms with van der Waals surface area (Å²) in [6.07, 6.45) is 0. The molecule has 0 amide bonds. The van der Waals surface area contributed by atoms with Gasteiger partial charge in [0, 0.05) is 17.0 Å². The second-order valence-electron chi connectivity index (χ2n) is 4.81. The zero-order valence-electron chi connectivity index (χ0n) is 11.7. The standard InChI is InChI=1S/C17H16N2OS/c1-12(18)16-11-21-17(19-16)13-6-5-9-15(10-13)20-14-7-3-2-4-8-14/h2-12H,18H2,1H3. The molecule has 0 saturated carbocycles. The van der Waals surface area contributed by atoms with Crippen LogP contribution in [0.4, 0.5) is 0 Å². The summed E-state index contributed by atoms with van der Waals surface area (Å²) in [5.41, 5.74) is 7.82. The summed E-state index contributed by atoms with van der Waals surface area (Å²) in [6, 6.07) is 17.6. The molecule has 4 heteroatoms. The molecule has 3 aromatic rings. The summed E-state index contributed by atoms with van der Waals surface area (Å²) in [5, 5.41) is 2.96. The molecule has 0 aliphatic heterocycles. The van der Waals surface area contributed by atoms with Gasteiger partial charge >= 0.3 is 0 Å². The van der Waals surface area contributed by atoms with E-state index in [0.29, 0.717) is 0 Å². The zero-order chi connectivity index (χ0) is 14.7. The Labute approximate surface area is 128 Å². The molecule has 0 saturated heterocycles. The molecule has 0 bridgehead atoms. The monoisotopic (exact) mass is 296 g/mol. The van der Waals surface area contributed by atoms with Crippen LogP contribution in [0.2, 0.25) is 0 Å². The lowest BCUT2D eigenvalue weighted by atomic mass is 10.2. The Morgan fingerprint density at radius 2 is 1.81 bits per heavy atom. The van der Waals surface area contributed by atoms with Crippen LogP contribution < -0.4 is 10.5 Å². The van der Waals surface area contributed by atoms with Crippen LogP contribution in [0.3, 0.4) is 0 Å². The van der Waals surface area contributed by atoms with E-state index in [1.165, 1.54) is 0 Å². The van der Waals surface area contributed by atoms with Crippen LogP contribution in [0.1, 0.15) is 18.7 Å². The minimum atomic E-state index is -0.0428. The third-order valence-electron chi connectivity index (χ3n) is 3.05. The highest BCUT2D eigenvalue weighted by atomic mass is 32.1. The topological polar surface area (TPSA) is 48.1 Å². The second kappa shape index (κ2) is 6.08. The van der Waals surface area contributed by atoms with Gasteiger partial charge in [-0.1, -0.05) is 30.3 Å². The highest BCUT2D eigenvalue weighted by Crippen LogP contribution is 2.30. The Balaban J connectivity index is 1.85. The van der Waals surface area contributed by atoms with Crippen molar-refractivity contribution in [1.29, 1.82) is 0 Å². The third kappa shape index (κ3) is 3.29. The fraction of sp³-hybridized carbons (Fsp3) is 0.118. The molecular weight excluding hydrogens is 280 g/mol. The molecule has 1 aromatic heterocycles. The zero-order valence-corrected chi connectivity index (χ0v) is 12.5. The van der Waals surface area contributed by atoms with Crippen LogP contribution in [-0.2, 0) is 0 Å². The molecule has 1 atom stereocenters. The highest BCUT2D eigenvalue weighted by Gasteiger charge is 2.08. The molecule has 0 aliphatic carbocycles. The molecule has 0 spiro atoms. The Morgan fingerprint density at radius 3 is 2.52 bits per heavy atom. The molecule has 0 fully saturated rings. The van der Waals surface area contributed by atoms with E-state index in [1.807, 2.05) is 66.9 Å². The van der Waals surface area contributed by atoms with E-state index in [1.54, 1.807) is 11.3 Å². The number of nitrogens with two attached hydrogens (primary N) is 1. The van der Waals surface area contributed by atoms with Crippen molar-refractivity contribution in [3.63, 3.8) is 0 Å². The van der Waals surface area contributed by atoms with Crippen molar-refractivity contribution in [2.75, 3.05) is 0 Å². The van der Waals surface area contributed by atoms with E-state index in [9.17, 15) is 0 Å². The van der Waals surface area contributed by atoms with Gasteiger partial charge < -0.3 is 10.5 Å². The second-order valence-corrected chi connectivity index (χ2v) is 5.67. The van der Waals surface area contributed by atoms with Crippen LogP contribution >= 0.6 is 11.3 Å². The maximum absolute atomic E-state index is 5.86. The van der Waals surface area contributed by atoms with E-state index >= 15 is 0 Å². The van der Waals surface area contributed by atoms with Gasteiger partial charge in [0.1, 0.15) is 16.5 Å². The van der Waals surface area contributed by atoms with Crippen LogP contribution in [0, 0.1) is 0 Å². The van der Waals surface area contributed by atoms with Gasteiger partial charge in [0.2, 0.25) is 0 Å². The number of aromatic nitrogens is 1. The first-order valence-corrected chi connectivity index (χ1v) is 7.65. The predicted octanol–water partition coefficient (Wildman–Crippen LogP) is 4.62. The van der Waals surface area contributed by atoms with E-state index in [-0.39, 0.29) is 6.04 Å². The predicted molar refractivity (Wildman–Crippen MR) is 86.7 cm³/mol. The van der Waals surface area contributed by atoms with Gasteiger partial charge in [0.25, 0.3) is 0 Å². The van der Waals surface area contributed by atoms with Gasteiger partial charge in [-0.25, -0.2) is 4.98 Å². The molecular formula is C17H16N2OS. The summed E-state index contributed by atoms with van der Waals surface area (Å²) in [5.74, 6) is 1.63. The first kappa shape index (κ1) is 13.8. The highest BCUT2D eigenvalue weighted by molar-refractivity contribution is 7.13. The largest absolute Gasteiger partial charge is 0.457 e. The fourth-order valence-electron chi connectivity index (χ4n) is 1.95. The van der Waals surface area contributed by atoms with Crippen molar-refractivity contribution in [2.24, 2.45) is 5.73 Å². The fourth-order valence-corrected chi connectivity index (χ4v) is 2.87. The lowest BCUT2D eigenvalue weighted by Gasteiger charge is -2.06. The molecule has 106 valence electrons. The number of nitrogens with zero attached hydrogens (tertiary/aromatic N) is 1. The molecule has 21 heavy (non-hydrogen) atoms. The molecule has 3 nitrogen and oxygen atoms in total. The number of hydrogen-bond donors (Lipinski definition) is 1. The number of benzene rings is 2. The number of ether oxygens (including phenoxy) is 1. The quantitative estimate of drug-likeness (QED) is 0.764. The normalized spacial score (nSPS) is 12.1. The minimum absolute atomic E-state index is 0.0428. The molecule has 2 N–H and O–H groups in total. The average Bonchev–Trinajstić information content (AvgIpc) is 2.99. The van der Waals surface area contributed by atoms with E-state index in [2.05, 4.69) is 4.98 Å². The van der Waals surface area contributed by atoms with Gasteiger partial charge in [-0.05, 0) is 31.2 Å². The third-order valence-corrected chi connectivity index (χ3v) is 3.96. The van der Waals surface area contributed by atoms with Gasteiger partial charge in [-0.15, -0.1) is 11.3 Å². The lowest BCUT2D eigenvalue weighted by molar-refractivity contribution is 0.483. The summed E-state index contributed by atoms with van der Waals surface area (Å²) in [6.45, 7) is 1.94. The Morgan fingerprint density at radius 1 is 1.05 bits per heavy atom. The van der Waals surface area contributed by atoms with Crippen molar-refractivity contribution in [3.05, 3.63) is 65.7 Å². The summed E-state index contributed by atoms with van der Waals surface area (Å²) in [4.78, 5) is 4.57. The molecule has 3 rings (SSSR count). The molecule has 1 unspecified atom stereocenters. The van der Waals surface area contributed by atoms with Gasteiger partial charge in [0.15, 0.2) is 0 Å². The Bertz CT molecular complexity index is 722. The van der Waals surface area contributed by atoms with Gasteiger partial charge in [0.05, 0.1) is 5.69 Å². The van der Waals surface area contributed by atoms with Crippen LogP contribution in [-0.4, -0.2) is 4.98 Å². The van der Waals surface area contributed by atoms with Crippen LogP contribution in [0.25, 0.3) is 10.6 Å². The van der Waals surface area contributed by atoms with Crippen molar-refractivity contribution in [3.8, 4) is 22.1 Å². The van der Waals surface area contributed by atoms with Crippen LogP contribution in [0.15, 0.2) is 60.0 Å². The first-order valence-electron chi connectivity index (χ1n) is 6.77. The molecule has 2 aromatic carbocycles. The van der Waals surface area contributed by atoms with Gasteiger partial charge in [-0.3, -0.25) is 0 Å². The maximum Gasteiger partial charge on any atom is 0.128 e. The first-order chi connectivity index (χ1) is 10.2. The summed E-state index contributed by atoms with van der Waals surface area (Å²) in [7, 11) is 0. The van der Waals surface area contributed by atoms with E-state index in [0.717, 1.165) is 27.8 Å². The number of para-hydroxylation sites is 1. The number of thiazole rings is 1. The van der Waals surface area contributed by atoms with Crippen molar-refractivity contribution in [1.82, 2.24) is 4.98 Å². The van der Waals surface area contributed by atoms with Crippen LogP contribution in [0.5, 0.6) is 11.5 Å². The minimum Gasteiger partial charge on any atom is -0.457 e. The van der Waals surface area contributed by atoms with Crippen molar-refractivity contribution >= 4 is 11.3 Å².